The van der Waals surface area contributed by atoms with Crippen molar-refractivity contribution in [2.24, 2.45) is 0 Å². The first-order valence-corrected chi connectivity index (χ1v) is 11.7. The summed E-state index contributed by atoms with van der Waals surface area (Å²) in [7, 11) is 1.41. The minimum atomic E-state index is -0.490. The zero-order chi connectivity index (χ0) is 25.5. The molecule has 8 nitrogen and oxygen atoms in total. The first-order chi connectivity index (χ1) is 17.5. The van der Waals surface area contributed by atoms with E-state index in [9.17, 15) is 14.0 Å². The van der Waals surface area contributed by atoms with Crippen molar-refractivity contribution in [3.8, 4) is 17.6 Å². The number of halogens is 1. The lowest BCUT2D eigenvalue weighted by atomic mass is 10.1. The molecule has 0 unspecified atom stereocenters. The molecule has 3 aromatic rings. The summed E-state index contributed by atoms with van der Waals surface area (Å²) in [6.07, 6.45) is 3.54. The maximum Gasteiger partial charge on any atom is 0.261 e. The van der Waals surface area contributed by atoms with Crippen molar-refractivity contribution in [3.63, 3.8) is 0 Å². The maximum atomic E-state index is 14.0. The Morgan fingerprint density at radius 1 is 1.11 bits per heavy atom. The van der Waals surface area contributed by atoms with Crippen LogP contribution in [0.25, 0.3) is 0 Å². The number of carbonyl (C=O) groups is 2. The van der Waals surface area contributed by atoms with Gasteiger partial charge in [-0.15, -0.1) is 0 Å². The molecule has 2 heterocycles. The van der Waals surface area contributed by atoms with E-state index in [0.717, 1.165) is 6.42 Å². The van der Waals surface area contributed by atoms with Crippen LogP contribution in [0, 0.1) is 17.7 Å². The van der Waals surface area contributed by atoms with Crippen molar-refractivity contribution in [1.29, 1.82) is 0 Å². The molecular weight excluding hydrogens is 461 g/mol. The van der Waals surface area contributed by atoms with Crippen molar-refractivity contribution in [1.82, 2.24) is 14.9 Å². The molecule has 2 aromatic carbocycles. The normalized spacial score (nSPS) is 12.1. The number of anilines is 3. The van der Waals surface area contributed by atoms with Gasteiger partial charge < -0.3 is 15.4 Å². The molecule has 9 heteroatoms. The molecule has 2 amide bonds. The van der Waals surface area contributed by atoms with Gasteiger partial charge in [-0.05, 0) is 37.1 Å². The molecule has 36 heavy (non-hydrogen) atoms. The van der Waals surface area contributed by atoms with Gasteiger partial charge in [-0.1, -0.05) is 30.9 Å². The number of benzene rings is 2. The Morgan fingerprint density at radius 2 is 1.86 bits per heavy atom. The molecule has 0 radical (unpaired) electrons. The smallest absolute Gasteiger partial charge is 0.261 e. The second-order valence-corrected chi connectivity index (χ2v) is 8.07. The van der Waals surface area contributed by atoms with Gasteiger partial charge in [0, 0.05) is 31.3 Å². The minimum Gasteiger partial charge on any atom is -0.494 e. The third kappa shape index (κ3) is 5.44. The Kier molecular flexibility index (Phi) is 7.75. The fourth-order valence-electron chi connectivity index (χ4n) is 3.71. The lowest BCUT2D eigenvalue weighted by Gasteiger charge is -2.12. The summed E-state index contributed by atoms with van der Waals surface area (Å²) in [4.78, 5) is 35.0. The first-order valence-electron chi connectivity index (χ1n) is 11.7. The number of unbranched alkanes of at least 4 members (excludes halogenated alkanes) is 1. The van der Waals surface area contributed by atoms with Gasteiger partial charge in [0.1, 0.15) is 5.82 Å². The summed E-state index contributed by atoms with van der Waals surface area (Å²) in [5.74, 6) is 6.16. The van der Waals surface area contributed by atoms with E-state index in [1.807, 2.05) is 6.92 Å². The highest BCUT2D eigenvalue weighted by Gasteiger charge is 2.34. The molecule has 0 saturated carbocycles. The molecule has 1 aliphatic rings. The number of rotatable bonds is 9. The highest BCUT2D eigenvalue weighted by molar-refractivity contribution is 6.21. The van der Waals surface area contributed by atoms with E-state index in [1.165, 1.54) is 24.1 Å². The van der Waals surface area contributed by atoms with Gasteiger partial charge in [0.05, 0.1) is 30.0 Å². The molecular formula is C27H26FN5O3. The lowest BCUT2D eigenvalue weighted by Crippen LogP contribution is -2.30. The summed E-state index contributed by atoms with van der Waals surface area (Å²) >= 11 is 0. The largest absolute Gasteiger partial charge is 0.494 e. The number of methoxy groups -OCH3 is 1. The topological polar surface area (TPSA) is 96.5 Å². The third-order valence-corrected chi connectivity index (χ3v) is 5.52. The van der Waals surface area contributed by atoms with Gasteiger partial charge in [0.25, 0.3) is 11.8 Å². The molecule has 2 N–H and O–H groups in total. The lowest BCUT2D eigenvalue weighted by molar-refractivity contribution is 0.0653. The summed E-state index contributed by atoms with van der Waals surface area (Å²) in [6, 6.07) is 11.3. The van der Waals surface area contributed by atoms with Gasteiger partial charge in [0.15, 0.2) is 11.6 Å². The molecule has 0 aliphatic carbocycles. The second kappa shape index (κ2) is 11.3. The molecule has 0 spiro atoms. The van der Waals surface area contributed by atoms with E-state index in [2.05, 4.69) is 32.4 Å². The van der Waals surface area contributed by atoms with Crippen LogP contribution in [-0.4, -0.2) is 46.9 Å². The molecule has 1 aliphatic heterocycles. The molecule has 1 aromatic heterocycles. The zero-order valence-corrected chi connectivity index (χ0v) is 20.1. The number of aromatic nitrogens is 2. The van der Waals surface area contributed by atoms with Crippen LogP contribution in [0.5, 0.6) is 5.75 Å². The van der Waals surface area contributed by atoms with Crippen molar-refractivity contribution >= 4 is 29.3 Å². The van der Waals surface area contributed by atoms with Crippen LogP contribution < -0.4 is 15.4 Å². The van der Waals surface area contributed by atoms with Crippen LogP contribution in [0.2, 0.25) is 0 Å². The Hall–Kier alpha value is -4.45. The fraction of sp³-hybridized carbons (Fsp3) is 0.259. The number of amides is 2. The number of imide groups is 1. The molecule has 4 rings (SSSR count). The first kappa shape index (κ1) is 24.7. The standard InChI is InChI=1S/C27H26FN5O3/c1-3-14-29-24-18(17-30-27(32-24)31-19-12-13-23(36-2)22(28)16-19)9-5-4-8-15-33-25(34)20-10-6-7-11-21(20)26(33)35/h6-7,10-13,16-17H,3-4,8,14-15H2,1-2H3,(H2,29,30,31,32). The zero-order valence-electron chi connectivity index (χ0n) is 20.1. The average Bonchev–Trinajstić information content (AvgIpc) is 3.13. The van der Waals surface area contributed by atoms with Gasteiger partial charge >= 0.3 is 0 Å². The summed E-state index contributed by atoms with van der Waals surface area (Å²) in [5, 5.41) is 6.23. The summed E-state index contributed by atoms with van der Waals surface area (Å²) in [5.41, 5.74) is 2.00. The third-order valence-electron chi connectivity index (χ3n) is 5.52. The monoisotopic (exact) mass is 487 g/mol. The van der Waals surface area contributed by atoms with Crippen LogP contribution in [0.1, 0.15) is 52.5 Å². The van der Waals surface area contributed by atoms with Crippen LogP contribution in [0.15, 0.2) is 48.7 Å². The van der Waals surface area contributed by atoms with Crippen molar-refractivity contribution < 1.29 is 18.7 Å². The number of nitrogens with zero attached hydrogens (tertiary/aromatic N) is 3. The number of hydrogen-bond donors (Lipinski definition) is 2. The van der Waals surface area contributed by atoms with E-state index < -0.39 is 5.82 Å². The van der Waals surface area contributed by atoms with Crippen molar-refractivity contribution in [2.45, 2.75) is 26.2 Å². The Morgan fingerprint density at radius 3 is 2.53 bits per heavy atom. The average molecular weight is 488 g/mol. The van der Waals surface area contributed by atoms with Gasteiger partial charge in [-0.3, -0.25) is 14.5 Å². The van der Waals surface area contributed by atoms with E-state index in [1.54, 1.807) is 36.5 Å². The molecule has 0 fully saturated rings. The van der Waals surface area contributed by atoms with Crippen molar-refractivity contribution in [3.05, 3.63) is 71.2 Å². The van der Waals surface area contributed by atoms with Crippen molar-refractivity contribution in [2.75, 3.05) is 30.8 Å². The Bertz CT molecular complexity index is 1310. The molecule has 0 atom stereocenters. The van der Waals surface area contributed by atoms with E-state index in [4.69, 9.17) is 4.74 Å². The number of fused-ring (bicyclic) bond motifs is 1. The summed E-state index contributed by atoms with van der Waals surface area (Å²) in [6.45, 7) is 3.04. The molecule has 0 saturated heterocycles. The van der Waals surface area contributed by atoms with E-state index in [-0.39, 0.29) is 17.6 Å². The highest BCUT2D eigenvalue weighted by Crippen LogP contribution is 2.24. The molecule has 0 bridgehead atoms. The number of carbonyl (C=O) groups excluding carboxylic acids is 2. The maximum absolute atomic E-state index is 14.0. The van der Waals surface area contributed by atoms with E-state index in [0.29, 0.717) is 60.1 Å². The fourth-order valence-corrected chi connectivity index (χ4v) is 3.71. The quantitative estimate of drug-likeness (QED) is 0.258. The SMILES string of the molecule is CCCNc1nc(Nc2ccc(OC)c(F)c2)ncc1C#CCCCN1C(=O)c2ccccc2C1=O. The second-order valence-electron chi connectivity index (χ2n) is 8.07. The van der Waals surface area contributed by atoms with Crippen LogP contribution in [-0.2, 0) is 0 Å². The van der Waals surface area contributed by atoms with Crippen LogP contribution >= 0.6 is 0 Å². The van der Waals surface area contributed by atoms with E-state index >= 15 is 0 Å². The number of hydrogen-bond acceptors (Lipinski definition) is 7. The highest BCUT2D eigenvalue weighted by atomic mass is 19.1. The van der Waals surface area contributed by atoms with Crippen LogP contribution in [0.4, 0.5) is 21.8 Å². The van der Waals surface area contributed by atoms with Gasteiger partial charge in [-0.25, -0.2) is 9.37 Å². The predicted octanol–water partition coefficient (Wildman–Crippen LogP) is 4.62. The minimum absolute atomic E-state index is 0.153. The predicted molar refractivity (Wildman–Crippen MR) is 135 cm³/mol. The Balaban J connectivity index is 1.39. The molecule has 184 valence electrons. The van der Waals surface area contributed by atoms with Crippen LogP contribution in [0.3, 0.4) is 0 Å². The van der Waals surface area contributed by atoms with Gasteiger partial charge in [0.2, 0.25) is 5.95 Å². The van der Waals surface area contributed by atoms with Gasteiger partial charge in [-0.2, -0.15) is 4.98 Å². The summed E-state index contributed by atoms with van der Waals surface area (Å²) < 4.78 is 18.9. The Labute approximate surface area is 208 Å². The number of ether oxygens (including phenoxy) is 1. The number of nitrogens with one attached hydrogen (secondary N) is 2.